The van der Waals surface area contributed by atoms with Crippen molar-refractivity contribution >= 4 is 44.3 Å². The molecule has 0 heterocycles. The van der Waals surface area contributed by atoms with Crippen LogP contribution in [0.2, 0.25) is 0 Å². The summed E-state index contributed by atoms with van der Waals surface area (Å²) in [5.41, 5.74) is 1.08. The van der Waals surface area contributed by atoms with Crippen molar-refractivity contribution in [3.8, 4) is 0 Å². The summed E-state index contributed by atoms with van der Waals surface area (Å²) < 4.78 is 0. The highest BCUT2D eigenvalue weighted by atomic mass is 16.4. The van der Waals surface area contributed by atoms with E-state index in [9.17, 15) is 9.59 Å². The fourth-order valence-electron chi connectivity index (χ4n) is 3.68. The molecular formula is C22H20N2O3. The Bertz CT molecular complexity index is 1120. The molecule has 4 aromatic rings. The number of carboxylic acid groups (broad SMARTS) is 1. The predicted octanol–water partition coefficient (Wildman–Crippen LogP) is 4.25. The van der Waals surface area contributed by atoms with Crippen molar-refractivity contribution < 1.29 is 14.7 Å². The SMILES string of the molecule is O=C(O)NCCCC(=O)NCc1ccc2ccc3cccc4ccc1c2c34. The van der Waals surface area contributed by atoms with Crippen LogP contribution in [0.4, 0.5) is 4.79 Å². The van der Waals surface area contributed by atoms with Crippen LogP contribution in [-0.4, -0.2) is 23.7 Å². The lowest BCUT2D eigenvalue weighted by Crippen LogP contribution is -2.26. The summed E-state index contributed by atoms with van der Waals surface area (Å²) in [5, 5.41) is 21.0. The number of nitrogens with one attached hydrogen (secondary N) is 2. The maximum absolute atomic E-state index is 12.0. The molecule has 0 aliphatic carbocycles. The number of hydrogen-bond acceptors (Lipinski definition) is 2. The molecule has 27 heavy (non-hydrogen) atoms. The Kier molecular flexibility index (Phi) is 4.50. The van der Waals surface area contributed by atoms with E-state index in [0.717, 1.165) is 10.9 Å². The van der Waals surface area contributed by atoms with Crippen LogP contribution in [0.15, 0.2) is 54.6 Å². The molecular weight excluding hydrogens is 340 g/mol. The number of benzene rings is 4. The van der Waals surface area contributed by atoms with Crippen molar-refractivity contribution in [3.63, 3.8) is 0 Å². The second-order valence-electron chi connectivity index (χ2n) is 6.69. The van der Waals surface area contributed by atoms with Crippen LogP contribution in [0.25, 0.3) is 32.3 Å². The standard InChI is InChI=1S/C22H20N2O3/c25-19(5-2-12-23-22(26)27)24-13-17-9-8-16-7-6-14-3-1-4-15-10-11-18(17)21(16)20(14)15/h1,3-4,6-11,23H,2,5,12-13H2,(H,24,25)(H,26,27). The highest BCUT2D eigenvalue weighted by Crippen LogP contribution is 2.35. The van der Waals surface area contributed by atoms with Crippen LogP contribution in [0, 0.1) is 0 Å². The molecule has 5 nitrogen and oxygen atoms in total. The Morgan fingerprint density at radius 1 is 0.815 bits per heavy atom. The predicted molar refractivity (Wildman–Crippen MR) is 107 cm³/mol. The van der Waals surface area contributed by atoms with Gasteiger partial charge in [0, 0.05) is 19.5 Å². The van der Waals surface area contributed by atoms with E-state index in [4.69, 9.17) is 5.11 Å². The van der Waals surface area contributed by atoms with Crippen LogP contribution in [0.1, 0.15) is 18.4 Å². The summed E-state index contributed by atoms with van der Waals surface area (Å²) in [4.78, 5) is 22.5. The van der Waals surface area contributed by atoms with Crippen LogP contribution >= 0.6 is 0 Å². The summed E-state index contributed by atoms with van der Waals surface area (Å²) in [6.45, 7) is 0.737. The zero-order chi connectivity index (χ0) is 18.8. The molecule has 0 radical (unpaired) electrons. The first-order valence-electron chi connectivity index (χ1n) is 9.02. The molecule has 3 N–H and O–H groups in total. The zero-order valence-corrected chi connectivity index (χ0v) is 14.8. The van der Waals surface area contributed by atoms with Crippen molar-refractivity contribution in [2.75, 3.05) is 6.54 Å². The van der Waals surface area contributed by atoms with E-state index >= 15 is 0 Å². The lowest BCUT2D eigenvalue weighted by molar-refractivity contribution is -0.121. The van der Waals surface area contributed by atoms with Gasteiger partial charge in [-0.3, -0.25) is 4.79 Å². The zero-order valence-electron chi connectivity index (χ0n) is 14.8. The normalized spacial score (nSPS) is 11.3. The van der Waals surface area contributed by atoms with Crippen molar-refractivity contribution in [1.29, 1.82) is 0 Å². The molecule has 0 fully saturated rings. The average Bonchev–Trinajstić information content (AvgIpc) is 2.68. The molecule has 2 amide bonds. The van der Waals surface area contributed by atoms with Gasteiger partial charge in [-0.15, -0.1) is 0 Å². The van der Waals surface area contributed by atoms with Gasteiger partial charge in [0.15, 0.2) is 0 Å². The molecule has 4 aromatic carbocycles. The van der Waals surface area contributed by atoms with Crippen LogP contribution in [0.5, 0.6) is 0 Å². The first-order chi connectivity index (χ1) is 13.1. The van der Waals surface area contributed by atoms with E-state index in [-0.39, 0.29) is 12.5 Å². The van der Waals surface area contributed by atoms with Crippen molar-refractivity contribution in [3.05, 3.63) is 60.2 Å². The quantitative estimate of drug-likeness (QED) is 0.355. The van der Waals surface area contributed by atoms with Gasteiger partial charge in [0.1, 0.15) is 0 Å². The molecule has 136 valence electrons. The molecule has 0 bridgehead atoms. The maximum atomic E-state index is 12.0. The van der Waals surface area contributed by atoms with Gasteiger partial charge in [-0.2, -0.15) is 0 Å². The highest BCUT2D eigenvalue weighted by Gasteiger charge is 2.11. The number of amides is 2. The number of rotatable bonds is 6. The third-order valence-electron chi connectivity index (χ3n) is 4.95. The Labute approximate surface area is 156 Å². The van der Waals surface area contributed by atoms with Gasteiger partial charge in [-0.1, -0.05) is 54.6 Å². The number of hydrogen-bond donors (Lipinski definition) is 3. The fraction of sp³-hybridized carbons (Fsp3) is 0.182. The Balaban J connectivity index is 1.56. The molecule has 0 unspecified atom stereocenters. The van der Waals surface area contributed by atoms with Gasteiger partial charge < -0.3 is 15.7 Å². The van der Waals surface area contributed by atoms with Gasteiger partial charge in [0.25, 0.3) is 0 Å². The Morgan fingerprint density at radius 2 is 1.48 bits per heavy atom. The summed E-state index contributed by atoms with van der Waals surface area (Å²) in [5.74, 6) is -0.0760. The molecule has 0 aromatic heterocycles. The fourth-order valence-corrected chi connectivity index (χ4v) is 3.68. The third-order valence-corrected chi connectivity index (χ3v) is 4.95. The maximum Gasteiger partial charge on any atom is 0.404 e. The van der Waals surface area contributed by atoms with Gasteiger partial charge >= 0.3 is 6.09 Å². The minimum atomic E-state index is -1.07. The minimum Gasteiger partial charge on any atom is -0.465 e. The molecule has 0 atom stereocenters. The second kappa shape index (κ2) is 7.11. The molecule has 5 heteroatoms. The van der Waals surface area contributed by atoms with Crippen molar-refractivity contribution in [1.82, 2.24) is 10.6 Å². The lowest BCUT2D eigenvalue weighted by atomic mass is 9.92. The molecule has 0 saturated heterocycles. The highest BCUT2D eigenvalue weighted by molar-refractivity contribution is 6.23. The van der Waals surface area contributed by atoms with Crippen molar-refractivity contribution in [2.45, 2.75) is 19.4 Å². The topological polar surface area (TPSA) is 78.4 Å². The smallest absolute Gasteiger partial charge is 0.404 e. The van der Waals surface area contributed by atoms with Gasteiger partial charge in [0.05, 0.1) is 0 Å². The minimum absolute atomic E-state index is 0.0760. The van der Waals surface area contributed by atoms with E-state index in [1.54, 1.807) is 0 Å². The lowest BCUT2D eigenvalue weighted by Gasteiger charge is -2.14. The summed E-state index contributed by atoms with van der Waals surface area (Å²) in [7, 11) is 0. The van der Waals surface area contributed by atoms with E-state index < -0.39 is 6.09 Å². The summed E-state index contributed by atoms with van der Waals surface area (Å²) in [6.07, 6.45) is -0.285. The molecule has 0 aliphatic heterocycles. The van der Waals surface area contributed by atoms with Crippen molar-refractivity contribution in [2.24, 2.45) is 0 Å². The average molecular weight is 360 g/mol. The summed E-state index contributed by atoms with van der Waals surface area (Å²) in [6, 6.07) is 19.0. The first-order valence-corrected chi connectivity index (χ1v) is 9.02. The molecule has 0 spiro atoms. The van der Waals surface area contributed by atoms with Gasteiger partial charge in [-0.05, 0) is 44.3 Å². The number of carbonyl (C=O) groups excluding carboxylic acids is 1. The molecule has 0 aliphatic rings. The van der Waals surface area contributed by atoms with E-state index in [0.29, 0.717) is 19.4 Å². The van der Waals surface area contributed by atoms with Crippen LogP contribution < -0.4 is 10.6 Å². The van der Waals surface area contributed by atoms with Crippen LogP contribution in [-0.2, 0) is 11.3 Å². The molecule has 0 saturated carbocycles. The van der Waals surface area contributed by atoms with E-state index in [1.165, 1.54) is 26.9 Å². The van der Waals surface area contributed by atoms with E-state index in [2.05, 4.69) is 65.2 Å². The first kappa shape index (κ1) is 17.1. The van der Waals surface area contributed by atoms with E-state index in [1.807, 2.05) is 0 Å². The number of carbonyl (C=O) groups is 2. The van der Waals surface area contributed by atoms with Gasteiger partial charge in [-0.25, -0.2) is 4.79 Å². The van der Waals surface area contributed by atoms with Gasteiger partial charge in [0.2, 0.25) is 5.91 Å². The Hall–Kier alpha value is -3.34. The monoisotopic (exact) mass is 360 g/mol. The Morgan fingerprint density at radius 3 is 2.22 bits per heavy atom. The second-order valence-corrected chi connectivity index (χ2v) is 6.69. The molecule has 4 rings (SSSR count). The summed E-state index contributed by atoms with van der Waals surface area (Å²) >= 11 is 0. The largest absolute Gasteiger partial charge is 0.465 e. The third kappa shape index (κ3) is 3.36. The van der Waals surface area contributed by atoms with Crippen LogP contribution in [0.3, 0.4) is 0 Å².